The minimum Gasteiger partial charge on any atom is -0.452 e. The first kappa shape index (κ1) is 16.8. The molecular weight excluding hydrogens is 316 g/mol. The van der Waals surface area contributed by atoms with Gasteiger partial charge in [-0.15, -0.1) is 0 Å². The lowest BCUT2D eigenvalue weighted by Gasteiger charge is -2.10. The van der Waals surface area contributed by atoms with Crippen LogP contribution in [0.25, 0.3) is 0 Å². The van der Waals surface area contributed by atoms with Crippen molar-refractivity contribution < 1.29 is 14.3 Å². The number of esters is 1. The van der Waals surface area contributed by atoms with Crippen molar-refractivity contribution in [3.05, 3.63) is 58.1 Å². The van der Waals surface area contributed by atoms with Gasteiger partial charge in [-0.25, -0.2) is 4.79 Å². The molecular formula is C17H17ClN2O3. The van der Waals surface area contributed by atoms with Gasteiger partial charge in [-0.1, -0.05) is 29.3 Å². The van der Waals surface area contributed by atoms with Crippen LogP contribution in [0.5, 0.6) is 0 Å². The average Bonchev–Trinajstić information content (AvgIpc) is 2.48. The van der Waals surface area contributed by atoms with E-state index in [2.05, 4.69) is 5.32 Å². The summed E-state index contributed by atoms with van der Waals surface area (Å²) in [4.78, 5) is 23.8. The number of anilines is 2. The lowest BCUT2D eigenvalue weighted by molar-refractivity contribution is -0.119. The first-order chi connectivity index (χ1) is 10.9. The van der Waals surface area contributed by atoms with Gasteiger partial charge in [0.15, 0.2) is 6.61 Å². The zero-order valence-electron chi connectivity index (χ0n) is 12.9. The van der Waals surface area contributed by atoms with Crippen LogP contribution in [-0.4, -0.2) is 18.5 Å². The zero-order chi connectivity index (χ0) is 17.0. The van der Waals surface area contributed by atoms with E-state index >= 15 is 0 Å². The fourth-order valence-electron chi connectivity index (χ4n) is 2.07. The summed E-state index contributed by atoms with van der Waals surface area (Å²) in [5.74, 6) is -1.09. The molecule has 0 spiro atoms. The van der Waals surface area contributed by atoms with Gasteiger partial charge >= 0.3 is 5.97 Å². The predicted octanol–water partition coefficient (Wildman–Crippen LogP) is 3.33. The Hall–Kier alpha value is -2.53. The summed E-state index contributed by atoms with van der Waals surface area (Å²) in [7, 11) is 0. The quantitative estimate of drug-likeness (QED) is 0.664. The molecule has 0 unspecified atom stereocenters. The van der Waals surface area contributed by atoms with E-state index in [0.717, 1.165) is 11.1 Å². The van der Waals surface area contributed by atoms with Crippen molar-refractivity contribution in [1.29, 1.82) is 0 Å². The molecule has 0 atom stereocenters. The Morgan fingerprint density at radius 2 is 1.91 bits per heavy atom. The van der Waals surface area contributed by atoms with Gasteiger partial charge in [0, 0.05) is 16.4 Å². The molecule has 23 heavy (non-hydrogen) atoms. The van der Waals surface area contributed by atoms with Gasteiger partial charge < -0.3 is 15.8 Å². The van der Waals surface area contributed by atoms with Crippen LogP contribution in [0, 0.1) is 13.8 Å². The molecule has 2 rings (SSSR count). The third-order valence-corrected chi connectivity index (χ3v) is 3.46. The van der Waals surface area contributed by atoms with Crippen molar-refractivity contribution in [1.82, 2.24) is 0 Å². The van der Waals surface area contributed by atoms with E-state index in [4.69, 9.17) is 22.1 Å². The van der Waals surface area contributed by atoms with Crippen molar-refractivity contribution in [2.45, 2.75) is 13.8 Å². The number of amides is 1. The average molecular weight is 333 g/mol. The third kappa shape index (κ3) is 4.47. The molecule has 0 aliphatic carbocycles. The largest absolute Gasteiger partial charge is 0.452 e. The number of carbonyl (C=O) groups excluding carboxylic acids is 2. The molecule has 0 saturated carbocycles. The van der Waals surface area contributed by atoms with Gasteiger partial charge in [-0.2, -0.15) is 0 Å². The Morgan fingerprint density at radius 1 is 1.17 bits per heavy atom. The standard InChI is InChI=1S/C17H17ClN2O3/c1-10-3-6-15(11(2)7-10)20-16(21)9-23-17(22)13-5-4-12(18)8-14(13)19/h3-8H,9,19H2,1-2H3,(H,20,21). The van der Waals surface area contributed by atoms with E-state index < -0.39 is 18.5 Å². The maximum Gasteiger partial charge on any atom is 0.340 e. The molecule has 0 fully saturated rings. The topological polar surface area (TPSA) is 81.4 Å². The van der Waals surface area contributed by atoms with Crippen LogP contribution in [0.4, 0.5) is 11.4 Å². The summed E-state index contributed by atoms with van der Waals surface area (Å²) in [5, 5.41) is 3.12. The van der Waals surface area contributed by atoms with E-state index in [1.165, 1.54) is 18.2 Å². The molecule has 2 aromatic carbocycles. The molecule has 1 amide bonds. The number of aryl methyl sites for hydroxylation is 2. The molecule has 3 N–H and O–H groups in total. The number of ether oxygens (including phenoxy) is 1. The molecule has 0 heterocycles. The van der Waals surface area contributed by atoms with Crippen LogP contribution < -0.4 is 11.1 Å². The molecule has 120 valence electrons. The molecule has 0 radical (unpaired) electrons. The highest BCUT2D eigenvalue weighted by atomic mass is 35.5. The Kier molecular flexibility index (Phi) is 5.24. The lowest BCUT2D eigenvalue weighted by Crippen LogP contribution is -2.21. The van der Waals surface area contributed by atoms with E-state index in [9.17, 15) is 9.59 Å². The third-order valence-electron chi connectivity index (χ3n) is 3.22. The highest BCUT2D eigenvalue weighted by molar-refractivity contribution is 6.31. The van der Waals surface area contributed by atoms with Crippen molar-refractivity contribution in [3.8, 4) is 0 Å². The Labute approximate surface area is 139 Å². The normalized spacial score (nSPS) is 10.2. The summed E-state index contributed by atoms with van der Waals surface area (Å²) < 4.78 is 4.97. The van der Waals surface area contributed by atoms with Gasteiger partial charge in [0.1, 0.15) is 0 Å². The first-order valence-electron chi connectivity index (χ1n) is 6.96. The van der Waals surface area contributed by atoms with Gasteiger partial charge in [-0.3, -0.25) is 4.79 Å². The second-order valence-electron chi connectivity index (χ2n) is 5.17. The van der Waals surface area contributed by atoms with E-state index in [1.807, 2.05) is 32.0 Å². The molecule has 0 bridgehead atoms. The lowest BCUT2D eigenvalue weighted by atomic mass is 10.1. The molecule has 0 aromatic heterocycles. The van der Waals surface area contributed by atoms with Crippen molar-refractivity contribution in [2.75, 3.05) is 17.7 Å². The summed E-state index contributed by atoms with van der Waals surface area (Å²) in [6, 6.07) is 10.1. The van der Waals surface area contributed by atoms with E-state index in [-0.39, 0.29) is 11.3 Å². The second kappa shape index (κ2) is 7.15. The monoisotopic (exact) mass is 332 g/mol. The van der Waals surface area contributed by atoms with Crippen LogP contribution >= 0.6 is 11.6 Å². The number of nitrogens with one attached hydrogen (secondary N) is 1. The molecule has 0 aliphatic rings. The minimum absolute atomic E-state index is 0.175. The van der Waals surface area contributed by atoms with E-state index in [0.29, 0.717) is 10.7 Å². The number of carbonyl (C=O) groups is 2. The summed E-state index contributed by atoms with van der Waals surface area (Å²) >= 11 is 5.77. The number of benzene rings is 2. The number of nitrogen functional groups attached to an aromatic ring is 1. The fourth-order valence-corrected chi connectivity index (χ4v) is 2.25. The second-order valence-corrected chi connectivity index (χ2v) is 5.61. The number of hydrogen-bond donors (Lipinski definition) is 2. The van der Waals surface area contributed by atoms with Crippen LogP contribution in [-0.2, 0) is 9.53 Å². The van der Waals surface area contributed by atoms with Crippen molar-refractivity contribution in [2.24, 2.45) is 0 Å². The molecule has 5 nitrogen and oxygen atoms in total. The Balaban J connectivity index is 1.94. The number of nitrogens with two attached hydrogens (primary N) is 1. The highest BCUT2D eigenvalue weighted by Gasteiger charge is 2.14. The molecule has 0 aliphatic heterocycles. The first-order valence-corrected chi connectivity index (χ1v) is 7.34. The zero-order valence-corrected chi connectivity index (χ0v) is 13.6. The van der Waals surface area contributed by atoms with Crippen LogP contribution in [0.3, 0.4) is 0 Å². The van der Waals surface area contributed by atoms with Gasteiger partial charge in [0.2, 0.25) is 0 Å². The van der Waals surface area contributed by atoms with E-state index in [1.54, 1.807) is 0 Å². The SMILES string of the molecule is Cc1ccc(NC(=O)COC(=O)c2ccc(Cl)cc2N)c(C)c1. The maximum atomic E-state index is 11.9. The fraction of sp³-hybridized carbons (Fsp3) is 0.176. The molecule has 0 saturated heterocycles. The summed E-state index contributed by atoms with van der Waals surface area (Å²) in [6.45, 7) is 3.47. The van der Waals surface area contributed by atoms with Crippen molar-refractivity contribution >= 4 is 34.9 Å². The highest BCUT2D eigenvalue weighted by Crippen LogP contribution is 2.19. The van der Waals surface area contributed by atoms with Gasteiger partial charge in [0.05, 0.1) is 5.56 Å². The van der Waals surface area contributed by atoms with Crippen LogP contribution in [0.2, 0.25) is 5.02 Å². The Bertz CT molecular complexity index is 759. The van der Waals surface area contributed by atoms with Crippen LogP contribution in [0.1, 0.15) is 21.5 Å². The predicted molar refractivity (Wildman–Crippen MR) is 90.7 cm³/mol. The number of halogens is 1. The smallest absolute Gasteiger partial charge is 0.340 e. The summed E-state index contributed by atoms with van der Waals surface area (Å²) in [6.07, 6.45) is 0. The Morgan fingerprint density at radius 3 is 2.57 bits per heavy atom. The summed E-state index contributed by atoms with van der Waals surface area (Å²) in [5.41, 5.74) is 8.80. The number of rotatable bonds is 4. The van der Waals surface area contributed by atoms with Gasteiger partial charge in [-0.05, 0) is 43.7 Å². The number of hydrogen-bond acceptors (Lipinski definition) is 4. The maximum absolute atomic E-state index is 11.9. The van der Waals surface area contributed by atoms with Crippen LogP contribution in [0.15, 0.2) is 36.4 Å². The van der Waals surface area contributed by atoms with Crippen molar-refractivity contribution in [3.63, 3.8) is 0 Å². The van der Waals surface area contributed by atoms with Gasteiger partial charge in [0.25, 0.3) is 5.91 Å². The minimum atomic E-state index is -0.671. The molecule has 6 heteroatoms. The molecule has 2 aromatic rings.